The van der Waals surface area contributed by atoms with Crippen LogP contribution < -0.4 is 0 Å². The Labute approximate surface area is 74.2 Å². The standard InChI is InChI=1S/C10H17NO/c1-7-5-6-10(12)11(4)9(3)8(7)2/h7H,5-6H2,1-4H3. The maximum Gasteiger partial charge on any atom is 0.226 e. The van der Waals surface area contributed by atoms with Gasteiger partial charge in [-0.15, -0.1) is 0 Å². The second-order valence-corrected chi connectivity index (χ2v) is 3.66. The molecule has 0 bridgehead atoms. The van der Waals surface area contributed by atoms with E-state index >= 15 is 0 Å². The number of carbonyl (C=O) groups is 1. The van der Waals surface area contributed by atoms with Crippen molar-refractivity contribution in [1.82, 2.24) is 4.90 Å². The molecular formula is C10H17NO. The molecular weight excluding hydrogens is 150 g/mol. The molecule has 0 fully saturated rings. The third kappa shape index (κ3) is 1.52. The average molecular weight is 167 g/mol. The summed E-state index contributed by atoms with van der Waals surface area (Å²) in [5.74, 6) is 0.801. The molecule has 1 aliphatic rings. The van der Waals surface area contributed by atoms with Crippen molar-refractivity contribution >= 4 is 5.91 Å². The Bertz CT molecular complexity index is 230. The molecule has 1 unspecified atom stereocenters. The van der Waals surface area contributed by atoms with Gasteiger partial charge in [0.25, 0.3) is 0 Å². The van der Waals surface area contributed by atoms with E-state index in [0.29, 0.717) is 12.3 Å². The van der Waals surface area contributed by atoms with Gasteiger partial charge in [-0.1, -0.05) is 12.5 Å². The second-order valence-electron chi connectivity index (χ2n) is 3.66. The summed E-state index contributed by atoms with van der Waals surface area (Å²) in [6.07, 6.45) is 1.68. The van der Waals surface area contributed by atoms with E-state index < -0.39 is 0 Å². The van der Waals surface area contributed by atoms with Gasteiger partial charge in [-0.05, 0) is 26.2 Å². The predicted molar refractivity (Wildman–Crippen MR) is 49.5 cm³/mol. The van der Waals surface area contributed by atoms with Crippen LogP contribution in [0.3, 0.4) is 0 Å². The van der Waals surface area contributed by atoms with Crippen molar-refractivity contribution in [3.8, 4) is 0 Å². The summed E-state index contributed by atoms with van der Waals surface area (Å²) in [6, 6.07) is 0. The largest absolute Gasteiger partial charge is 0.320 e. The lowest BCUT2D eigenvalue weighted by Gasteiger charge is -2.17. The summed E-state index contributed by atoms with van der Waals surface area (Å²) in [6.45, 7) is 6.33. The molecule has 2 nitrogen and oxygen atoms in total. The third-order valence-corrected chi connectivity index (χ3v) is 2.98. The van der Waals surface area contributed by atoms with Crippen LogP contribution in [-0.2, 0) is 4.79 Å². The quantitative estimate of drug-likeness (QED) is 0.541. The Morgan fingerprint density at radius 2 is 2.00 bits per heavy atom. The van der Waals surface area contributed by atoms with Crippen LogP contribution >= 0.6 is 0 Å². The SMILES string of the molecule is CC1=C(C)N(C)C(=O)CCC1C. The second kappa shape index (κ2) is 3.30. The molecule has 1 amide bonds. The van der Waals surface area contributed by atoms with Gasteiger partial charge in [-0.3, -0.25) is 4.79 Å². The summed E-state index contributed by atoms with van der Waals surface area (Å²) in [7, 11) is 1.86. The van der Waals surface area contributed by atoms with Crippen molar-refractivity contribution in [3.63, 3.8) is 0 Å². The highest BCUT2D eigenvalue weighted by Gasteiger charge is 2.20. The number of hydrogen-bond acceptors (Lipinski definition) is 1. The molecule has 1 aliphatic heterocycles. The predicted octanol–water partition coefficient (Wildman–Crippen LogP) is 2.17. The molecule has 12 heavy (non-hydrogen) atoms. The first-order valence-electron chi connectivity index (χ1n) is 4.48. The molecule has 68 valence electrons. The molecule has 0 radical (unpaired) electrons. The first-order valence-corrected chi connectivity index (χ1v) is 4.48. The molecule has 0 aromatic carbocycles. The van der Waals surface area contributed by atoms with E-state index in [2.05, 4.69) is 13.8 Å². The van der Waals surface area contributed by atoms with E-state index in [1.807, 2.05) is 14.0 Å². The van der Waals surface area contributed by atoms with Crippen LogP contribution in [0.2, 0.25) is 0 Å². The molecule has 1 atom stereocenters. The number of carbonyl (C=O) groups excluding carboxylic acids is 1. The molecule has 0 saturated carbocycles. The van der Waals surface area contributed by atoms with Gasteiger partial charge in [0.15, 0.2) is 0 Å². The summed E-state index contributed by atoms with van der Waals surface area (Å²) >= 11 is 0. The van der Waals surface area contributed by atoms with Crippen molar-refractivity contribution in [1.29, 1.82) is 0 Å². The average Bonchev–Trinajstić information content (AvgIpc) is 2.14. The topological polar surface area (TPSA) is 20.3 Å². The molecule has 0 spiro atoms. The number of hydrogen-bond donors (Lipinski definition) is 0. The fraction of sp³-hybridized carbons (Fsp3) is 0.700. The van der Waals surface area contributed by atoms with Crippen LogP contribution in [0.1, 0.15) is 33.6 Å². The van der Waals surface area contributed by atoms with Gasteiger partial charge in [0.05, 0.1) is 0 Å². The molecule has 0 aliphatic carbocycles. The highest BCUT2D eigenvalue weighted by atomic mass is 16.2. The van der Waals surface area contributed by atoms with Gasteiger partial charge < -0.3 is 4.90 Å². The fourth-order valence-electron chi connectivity index (χ4n) is 1.53. The molecule has 2 heteroatoms. The highest BCUT2D eigenvalue weighted by Crippen LogP contribution is 2.25. The van der Waals surface area contributed by atoms with Gasteiger partial charge >= 0.3 is 0 Å². The molecule has 0 aromatic rings. The zero-order valence-electron chi connectivity index (χ0n) is 8.35. The lowest BCUT2D eigenvalue weighted by atomic mass is 9.97. The summed E-state index contributed by atoms with van der Waals surface area (Å²) in [5, 5.41) is 0. The molecule has 0 aromatic heterocycles. The van der Waals surface area contributed by atoms with Crippen LogP contribution in [0.4, 0.5) is 0 Å². The number of allylic oxidation sites excluding steroid dienone is 2. The van der Waals surface area contributed by atoms with Gasteiger partial charge in [-0.2, -0.15) is 0 Å². The first kappa shape index (κ1) is 9.30. The maximum atomic E-state index is 11.4. The minimum Gasteiger partial charge on any atom is -0.320 e. The fourth-order valence-corrected chi connectivity index (χ4v) is 1.53. The van der Waals surface area contributed by atoms with Gasteiger partial charge in [0, 0.05) is 19.2 Å². The summed E-state index contributed by atoms with van der Waals surface area (Å²) in [5.41, 5.74) is 2.48. The Morgan fingerprint density at radius 1 is 1.42 bits per heavy atom. The number of amides is 1. The highest BCUT2D eigenvalue weighted by molar-refractivity contribution is 5.78. The zero-order valence-corrected chi connectivity index (χ0v) is 8.35. The normalized spacial score (nSPS) is 26.2. The number of rotatable bonds is 0. The Hall–Kier alpha value is -0.790. The van der Waals surface area contributed by atoms with Crippen LogP contribution in [0.5, 0.6) is 0 Å². The molecule has 0 saturated heterocycles. The van der Waals surface area contributed by atoms with Crippen molar-refractivity contribution < 1.29 is 4.79 Å². The van der Waals surface area contributed by atoms with Crippen molar-refractivity contribution in [2.45, 2.75) is 33.6 Å². The van der Waals surface area contributed by atoms with E-state index in [0.717, 1.165) is 12.1 Å². The monoisotopic (exact) mass is 167 g/mol. The van der Waals surface area contributed by atoms with Gasteiger partial charge in [0.2, 0.25) is 5.91 Å². The lowest BCUT2D eigenvalue weighted by molar-refractivity contribution is -0.128. The van der Waals surface area contributed by atoms with Gasteiger partial charge in [0.1, 0.15) is 0 Å². The summed E-state index contributed by atoms with van der Waals surface area (Å²) < 4.78 is 0. The van der Waals surface area contributed by atoms with E-state index in [1.165, 1.54) is 5.57 Å². The minimum atomic E-state index is 0.246. The van der Waals surface area contributed by atoms with Crippen molar-refractivity contribution in [2.75, 3.05) is 7.05 Å². The first-order chi connectivity index (χ1) is 5.54. The third-order valence-electron chi connectivity index (χ3n) is 2.98. The lowest BCUT2D eigenvalue weighted by Crippen LogP contribution is -2.23. The number of nitrogens with zero attached hydrogens (tertiary/aromatic N) is 1. The maximum absolute atomic E-state index is 11.4. The Balaban J connectivity index is 2.97. The van der Waals surface area contributed by atoms with Crippen LogP contribution in [-0.4, -0.2) is 17.9 Å². The van der Waals surface area contributed by atoms with E-state index in [-0.39, 0.29) is 5.91 Å². The summed E-state index contributed by atoms with van der Waals surface area (Å²) in [4.78, 5) is 13.2. The van der Waals surface area contributed by atoms with Crippen LogP contribution in [0.15, 0.2) is 11.3 Å². The molecule has 1 rings (SSSR count). The minimum absolute atomic E-state index is 0.246. The van der Waals surface area contributed by atoms with E-state index in [9.17, 15) is 4.79 Å². The van der Waals surface area contributed by atoms with Crippen LogP contribution in [0, 0.1) is 5.92 Å². The van der Waals surface area contributed by atoms with Crippen LogP contribution in [0.25, 0.3) is 0 Å². The zero-order chi connectivity index (χ0) is 9.30. The van der Waals surface area contributed by atoms with Crippen molar-refractivity contribution in [2.24, 2.45) is 5.92 Å². The van der Waals surface area contributed by atoms with E-state index in [4.69, 9.17) is 0 Å². The Morgan fingerprint density at radius 3 is 2.58 bits per heavy atom. The smallest absolute Gasteiger partial charge is 0.226 e. The molecule has 0 N–H and O–H groups in total. The molecule has 1 heterocycles. The van der Waals surface area contributed by atoms with E-state index in [1.54, 1.807) is 4.90 Å². The Kier molecular flexibility index (Phi) is 2.55. The van der Waals surface area contributed by atoms with Gasteiger partial charge in [-0.25, -0.2) is 0 Å². The van der Waals surface area contributed by atoms with Crippen molar-refractivity contribution in [3.05, 3.63) is 11.3 Å².